The molecule has 1 atom stereocenters. The Kier molecular flexibility index (Phi) is 6.79. The van der Waals surface area contributed by atoms with Gasteiger partial charge >= 0.3 is 0 Å². The zero-order chi connectivity index (χ0) is 22.7. The van der Waals surface area contributed by atoms with E-state index in [0.29, 0.717) is 21.4 Å². The van der Waals surface area contributed by atoms with E-state index in [9.17, 15) is 9.59 Å². The Morgan fingerprint density at radius 2 is 1.84 bits per heavy atom. The van der Waals surface area contributed by atoms with Gasteiger partial charge < -0.3 is 10.6 Å². The molecule has 162 valence electrons. The molecule has 2 N–H and O–H groups in total. The third kappa shape index (κ3) is 5.48. The summed E-state index contributed by atoms with van der Waals surface area (Å²) in [6.45, 7) is 3.87. The molecule has 4 rings (SSSR count). The number of amides is 2. The van der Waals surface area contributed by atoms with Gasteiger partial charge in [0.2, 0.25) is 5.91 Å². The lowest BCUT2D eigenvalue weighted by Gasteiger charge is -2.12. The number of hydrogen-bond donors (Lipinski definition) is 2. The molecule has 1 unspecified atom stereocenters. The molecule has 0 aliphatic heterocycles. The first-order valence-corrected chi connectivity index (χ1v) is 12.0. The highest BCUT2D eigenvalue weighted by molar-refractivity contribution is 8.00. The van der Waals surface area contributed by atoms with Crippen LogP contribution in [-0.2, 0) is 4.79 Å². The molecule has 4 aromatic rings. The molecule has 0 fully saturated rings. The van der Waals surface area contributed by atoms with Crippen LogP contribution in [0.25, 0.3) is 10.2 Å². The fourth-order valence-corrected chi connectivity index (χ4v) is 5.11. The lowest BCUT2D eigenvalue weighted by molar-refractivity contribution is -0.115. The molecule has 0 bridgehead atoms. The minimum Gasteiger partial charge on any atom is -0.322 e. The number of benzene rings is 3. The molecule has 1 heterocycles. The van der Waals surface area contributed by atoms with Crippen LogP contribution in [0.3, 0.4) is 0 Å². The molecule has 0 radical (unpaired) electrons. The monoisotopic (exact) mass is 481 g/mol. The number of thioether (sulfide) groups is 1. The van der Waals surface area contributed by atoms with Crippen molar-refractivity contribution in [3.8, 4) is 0 Å². The predicted octanol–water partition coefficient (Wildman–Crippen LogP) is 6.63. The van der Waals surface area contributed by atoms with E-state index >= 15 is 0 Å². The Morgan fingerprint density at radius 1 is 1.03 bits per heavy atom. The summed E-state index contributed by atoms with van der Waals surface area (Å²) in [5.41, 5.74) is 3.16. The largest absolute Gasteiger partial charge is 0.322 e. The molecule has 5 nitrogen and oxygen atoms in total. The van der Waals surface area contributed by atoms with E-state index in [4.69, 9.17) is 11.6 Å². The normalized spacial score (nSPS) is 11.8. The number of fused-ring (bicyclic) bond motifs is 1. The van der Waals surface area contributed by atoms with Crippen LogP contribution in [0.15, 0.2) is 71.6 Å². The SMILES string of the molecule is Cc1ccc2nc(NC(=O)C(C)Sc3cccc(NC(=O)c4cccc(Cl)c4)c3)sc2c1. The van der Waals surface area contributed by atoms with Crippen molar-refractivity contribution in [2.24, 2.45) is 0 Å². The lowest BCUT2D eigenvalue weighted by Crippen LogP contribution is -2.22. The Labute approximate surface area is 199 Å². The third-order valence-corrected chi connectivity index (χ3v) is 6.90. The summed E-state index contributed by atoms with van der Waals surface area (Å²) in [4.78, 5) is 30.5. The van der Waals surface area contributed by atoms with Gasteiger partial charge in [-0.15, -0.1) is 11.8 Å². The number of carbonyl (C=O) groups excluding carboxylic acids is 2. The number of nitrogens with one attached hydrogen (secondary N) is 2. The smallest absolute Gasteiger partial charge is 0.255 e. The number of rotatable bonds is 6. The first kappa shape index (κ1) is 22.3. The Balaban J connectivity index is 1.39. The van der Waals surface area contributed by atoms with Crippen molar-refractivity contribution in [2.75, 3.05) is 10.6 Å². The van der Waals surface area contributed by atoms with Gasteiger partial charge in [0, 0.05) is 21.2 Å². The van der Waals surface area contributed by atoms with Gasteiger partial charge in [-0.2, -0.15) is 0 Å². The second kappa shape index (κ2) is 9.73. The van der Waals surface area contributed by atoms with Gasteiger partial charge in [-0.25, -0.2) is 4.98 Å². The van der Waals surface area contributed by atoms with Gasteiger partial charge in [0.25, 0.3) is 5.91 Å². The summed E-state index contributed by atoms with van der Waals surface area (Å²) in [7, 11) is 0. The van der Waals surface area contributed by atoms with Gasteiger partial charge in [-0.05, 0) is 67.9 Å². The van der Waals surface area contributed by atoms with Crippen LogP contribution in [0.2, 0.25) is 5.02 Å². The molecular weight excluding hydrogens is 462 g/mol. The molecule has 0 spiro atoms. The van der Waals surface area contributed by atoms with Gasteiger partial charge in [-0.3, -0.25) is 9.59 Å². The number of nitrogens with zero attached hydrogens (tertiary/aromatic N) is 1. The summed E-state index contributed by atoms with van der Waals surface area (Å²) in [5, 5.41) is 6.53. The van der Waals surface area contributed by atoms with E-state index in [1.54, 1.807) is 30.3 Å². The number of aryl methyl sites for hydroxylation is 1. The Bertz CT molecular complexity index is 1310. The van der Waals surface area contributed by atoms with E-state index in [-0.39, 0.29) is 17.1 Å². The van der Waals surface area contributed by atoms with Gasteiger partial charge in [0.15, 0.2) is 5.13 Å². The fraction of sp³-hybridized carbons (Fsp3) is 0.125. The number of aromatic nitrogens is 1. The van der Waals surface area contributed by atoms with E-state index in [2.05, 4.69) is 21.7 Å². The van der Waals surface area contributed by atoms with Crippen LogP contribution >= 0.6 is 34.7 Å². The molecule has 0 saturated heterocycles. The Hall–Kier alpha value is -2.87. The first-order chi connectivity index (χ1) is 15.4. The van der Waals surface area contributed by atoms with Crippen molar-refractivity contribution in [1.29, 1.82) is 0 Å². The number of carbonyl (C=O) groups is 2. The van der Waals surface area contributed by atoms with Crippen LogP contribution in [0.1, 0.15) is 22.8 Å². The summed E-state index contributed by atoms with van der Waals surface area (Å²) in [5.74, 6) is -0.370. The Morgan fingerprint density at radius 3 is 2.66 bits per heavy atom. The molecule has 0 aliphatic rings. The van der Waals surface area contributed by atoms with E-state index in [1.807, 2.05) is 44.2 Å². The van der Waals surface area contributed by atoms with Crippen LogP contribution in [-0.4, -0.2) is 22.0 Å². The van der Waals surface area contributed by atoms with Crippen molar-refractivity contribution in [3.63, 3.8) is 0 Å². The molecule has 2 amide bonds. The first-order valence-electron chi connectivity index (χ1n) is 9.89. The maximum Gasteiger partial charge on any atom is 0.255 e. The maximum absolute atomic E-state index is 12.7. The van der Waals surface area contributed by atoms with Crippen molar-refractivity contribution >= 4 is 67.5 Å². The van der Waals surface area contributed by atoms with Crippen LogP contribution in [0, 0.1) is 6.92 Å². The molecule has 8 heteroatoms. The third-order valence-electron chi connectivity index (χ3n) is 4.63. The summed E-state index contributed by atoms with van der Waals surface area (Å²) >= 11 is 8.84. The molecule has 0 aliphatic carbocycles. The van der Waals surface area contributed by atoms with E-state index < -0.39 is 0 Å². The topological polar surface area (TPSA) is 71.1 Å². The number of anilines is 2. The van der Waals surface area contributed by atoms with Crippen LogP contribution in [0.5, 0.6) is 0 Å². The highest BCUT2D eigenvalue weighted by atomic mass is 35.5. The fourth-order valence-electron chi connectivity index (χ4n) is 3.03. The highest BCUT2D eigenvalue weighted by Gasteiger charge is 2.17. The molecular formula is C24H20ClN3O2S2. The van der Waals surface area contributed by atoms with Gasteiger partial charge in [0.05, 0.1) is 15.5 Å². The highest BCUT2D eigenvalue weighted by Crippen LogP contribution is 2.29. The van der Waals surface area contributed by atoms with Crippen LogP contribution < -0.4 is 10.6 Å². The zero-order valence-corrected chi connectivity index (χ0v) is 19.8. The van der Waals surface area contributed by atoms with Gasteiger partial charge in [0.1, 0.15) is 0 Å². The summed E-state index contributed by atoms with van der Waals surface area (Å²) < 4.78 is 1.05. The van der Waals surface area contributed by atoms with Crippen LogP contribution in [0.4, 0.5) is 10.8 Å². The zero-order valence-electron chi connectivity index (χ0n) is 17.4. The summed E-state index contributed by atoms with van der Waals surface area (Å²) in [6, 6.07) is 20.2. The maximum atomic E-state index is 12.7. The predicted molar refractivity (Wildman–Crippen MR) is 134 cm³/mol. The van der Waals surface area contributed by atoms with E-state index in [0.717, 1.165) is 20.7 Å². The molecule has 3 aromatic carbocycles. The van der Waals surface area contributed by atoms with Crippen molar-refractivity contribution < 1.29 is 9.59 Å². The average Bonchev–Trinajstić information content (AvgIpc) is 3.15. The second-order valence-corrected chi connectivity index (χ2v) is 10.1. The molecule has 1 aromatic heterocycles. The second-order valence-electron chi connectivity index (χ2n) is 7.23. The number of halogens is 1. The minimum absolute atomic E-state index is 0.126. The van der Waals surface area contributed by atoms with Crippen molar-refractivity contribution in [3.05, 3.63) is 82.9 Å². The summed E-state index contributed by atoms with van der Waals surface area (Å²) in [6.07, 6.45) is 0. The average molecular weight is 482 g/mol. The van der Waals surface area contributed by atoms with Crippen molar-refractivity contribution in [1.82, 2.24) is 4.98 Å². The molecule has 32 heavy (non-hydrogen) atoms. The number of hydrogen-bond acceptors (Lipinski definition) is 5. The quantitative estimate of drug-likeness (QED) is 0.303. The van der Waals surface area contributed by atoms with Gasteiger partial charge in [-0.1, -0.05) is 41.1 Å². The standard InChI is InChI=1S/C24H20ClN3O2S2/c1-14-9-10-20-21(11-14)32-24(27-20)28-22(29)15(2)31-19-8-4-7-18(13-19)26-23(30)16-5-3-6-17(25)12-16/h3-13,15H,1-2H3,(H,26,30)(H,27,28,29). The lowest BCUT2D eigenvalue weighted by atomic mass is 10.2. The van der Waals surface area contributed by atoms with E-state index in [1.165, 1.54) is 23.1 Å². The molecule has 0 saturated carbocycles. The van der Waals surface area contributed by atoms with Crippen molar-refractivity contribution in [2.45, 2.75) is 24.0 Å². The minimum atomic E-state index is -0.345. The number of thiazole rings is 1.